The number of aryl methyl sites for hydroxylation is 1. The van der Waals surface area contributed by atoms with Crippen molar-refractivity contribution in [2.75, 3.05) is 0 Å². The number of nitrogens with two attached hydrogens (primary N) is 2. The lowest BCUT2D eigenvalue weighted by Gasteiger charge is -2.42. The summed E-state index contributed by atoms with van der Waals surface area (Å²) >= 11 is 0. The Bertz CT molecular complexity index is 652. The predicted molar refractivity (Wildman–Crippen MR) is 106 cm³/mol. The number of hydrogen-bond donors (Lipinski definition) is 2. The molecule has 4 N–H and O–H groups in total. The maximum atomic E-state index is 6.96. The predicted octanol–water partition coefficient (Wildman–Crippen LogP) is 4.79. The van der Waals surface area contributed by atoms with Gasteiger partial charge in [-0.3, -0.25) is 0 Å². The molecule has 0 amide bonds. The Morgan fingerprint density at radius 3 is 2.25 bits per heavy atom. The summed E-state index contributed by atoms with van der Waals surface area (Å²) in [4.78, 5) is 0. The van der Waals surface area contributed by atoms with E-state index >= 15 is 0 Å². The molecule has 0 bridgehead atoms. The van der Waals surface area contributed by atoms with Crippen LogP contribution < -0.4 is 11.5 Å². The third kappa shape index (κ3) is 3.10. The van der Waals surface area contributed by atoms with Gasteiger partial charge in [-0.25, -0.2) is 0 Å². The quantitative estimate of drug-likeness (QED) is 0.817. The van der Waals surface area contributed by atoms with Gasteiger partial charge >= 0.3 is 0 Å². The molecule has 0 aliphatic heterocycles. The molecule has 1 aromatic rings. The molecular formula is C22H34N2. The summed E-state index contributed by atoms with van der Waals surface area (Å²) in [7, 11) is 0. The summed E-state index contributed by atoms with van der Waals surface area (Å²) in [5.41, 5.74) is 19.7. The minimum Gasteiger partial charge on any atom is -0.323 e. The Kier molecular flexibility index (Phi) is 5.72. The first-order valence-corrected chi connectivity index (χ1v) is 9.37. The van der Waals surface area contributed by atoms with Gasteiger partial charge in [0.15, 0.2) is 0 Å². The van der Waals surface area contributed by atoms with E-state index in [1.807, 2.05) is 0 Å². The molecule has 1 aliphatic rings. The van der Waals surface area contributed by atoms with Crippen molar-refractivity contribution in [3.05, 3.63) is 52.6 Å². The van der Waals surface area contributed by atoms with E-state index in [0.29, 0.717) is 11.8 Å². The molecule has 1 aliphatic carbocycles. The Labute approximate surface area is 148 Å². The lowest BCUT2D eigenvalue weighted by atomic mass is 9.68. The number of benzene rings is 1. The molecule has 0 saturated heterocycles. The molecule has 2 nitrogen and oxygen atoms in total. The van der Waals surface area contributed by atoms with E-state index in [-0.39, 0.29) is 6.04 Å². The standard InChI is InChI=1S/C22H34N2/c1-7-16-10-9-11-17(14(3)4)20(16)21-18(15(5)6)12-13-19(23)22(21,24)8-2/h9-15,19H,7-8,23-24H2,1-6H3. The van der Waals surface area contributed by atoms with Crippen molar-refractivity contribution >= 4 is 5.57 Å². The van der Waals surface area contributed by atoms with E-state index in [4.69, 9.17) is 11.5 Å². The van der Waals surface area contributed by atoms with Crippen LogP contribution in [-0.4, -0.2) is 11.6 Å². The van der Waals surface area contributed by atoms with Crippen LogP contribution >= 0.6 is 0 Å². The molecule has 0 radical (unpaired) electrons. The Hall–Kier alpha value is -1.38. The van der Waals surface area contributed by atoms with Gasteiger partial charge in [0, 0.05) is 6.04 Å². The summed E-state index contributed by atoms with van der Waals surface area (Å²) in [6.45, 7) is 13.4. The molecule has 2 unspecified atom stereocenters. The van der Waals surface area contributed by atoms with E-state index in [1.165, 1.54) is 27.8 Å². The average molecular weight is 327 g/mol. The zero-order valence-corrected chi connectivity index (χ0v) is 16.2. The topological polar surface area (TPSA) is 52.0 Å². The largest absolute Gasteiger partial charge is 0.323 e. The van der Waals surface area contributed by atoms with E-state index in [0.717, 1.165) is 12.8 Å². The van der Waals surface area contributed by atoms with E-state index < -0.39 is 5.54 Å². The van der Waals surface area contributed by atoms with Crippen molar-refractivity contribution in [3.63, 3.8) is 0 Å². The molecule has 0 spiro atoms. The first-order chi connectivity index (χ1) is 11.3. The van der Waals surface area contributed by atoms with Gasteiger partial charge in [-0.05, 0) is 52.5 Å². The maximum absolute atomic E-state index is 6.96. The van der Waals surface area contributed by atoms with Gasteiger partial charge in [-0.1, -0.05) is 71.9 Å². The minimum atomic E-state index is -0.511. The Balaban J connectivity index is 2.90. The van der Waals surface area contributed by atoms with Crippen molar-refractivity contribution in [1.82, 2.24) is 0 Å². The Morgan fingerprint density at radius 1 is 1.08 bits per heavy atom. The molecule has 24 heavy (non-hydrogen) atoms. The molecular weight excluding hydrogens is 292 g/mol. The SMILES string of the molecule is CCc1cccc(C(C)C)c1C1=C(C(C)C)C=CC(N)C1(N)CC. The van der Waals surface area contributed by atoms with Crippen LogP contribution in [0.5, 0.6) is 0 Å². The molecule has 2 rings (SSSR count). The van der Waals surface area contributed by atoms with Crippen LogP contribution in [0, 0.1) is 5.92 Å². The summed E-state index contributed by atoms with van der Waals surface area (Å²) in [6.07, 6.45) is 6.14. The van der Waals surface area contributed by atoms with Crippen LogP contribution in [0.1, 0.15) is 70.6 Å². The van der Waals surface area contributed by atoms with Gasteiger partial charge < -0.3 is 11.5 Å². The zero-order valence-electron chi connectivity index (χ0n) is 16.2. The zero-order chi connectivity index (χ0) is 18.1. The highest BCUT2D eigenvalue weighted by Crippen LogP contribution is 2.43. The first-order valence-electron chi connectivity index (χ1n) is 9.37. The van der Waals surface area contributed by atoms with Crippen LogP contribution in [-0.2, 0) is 6.42 Å². The highest BCUT2D eigenvalue weighted by Gasteiger charge is 2.40. The van der Waals surface area contributed by atoms with Crippen molar-refractivity contribution in [2.45, 2.75) is 71.9 Å². The molecule has 0 heterocycles. The summed E-state index contributed by atoms with van der Waals surface area (Å²) in [5, 5.41) is 0. The third-order valence-corrected chi connectivity index (χ3v) is 5.47. The number of hydrogen-bond acceptors (Lipinski definition) is 2. The fourth-order valence-electron chi connectivity index (χ4n) is 3.87. The van der Waals surface area contributed by atoms with Crippen LogP contribution in [0.4, 0.5) is 0 Å². The molecule has 0 fully saturated rings. The second-order valence-corrected chi connectivity index (χ2v) is 7.65. The Morgan fingerprint density at radius 2 is 1.75 bits per heavy atom. The summed E-state index contributed by atoms with van der Waals surface area (Å²) in [5.74, 6) is 0.874. The summed E-state index contributed by atoms with van der Waals surface area (Å²) < 4.78 is 0. The molecule has 2 atom stereocenters. The van der Waals surface area contributed by atoms with Gasteiger partial charge in [0.05, 0.1) is 5.54 Å². The van der Waals surface area contributed by atoms with Gasteiger partial charge in [0.25, 0.3) is 0 Å². The first kappa shape index (κ1) is 19.0. The summed E-state index contributed by atoms with van der Waals surface area (Å²) in [6, 6.07) is 6.52. The fraction of sp³-hybridized carbons (Fsp3) is 0.545. The monoisotopic (exact) mass is 326 g/mol. The van der Waals surface area contributed by atoms with Crippen LogP contribution in [0.3, 0.4) is 0 Å². The van der Waals surface area contributed by atoms with Crippen LogP contribution in [0.25, 0.3) is 5.57 Å². The number of rotatable bonds is 5. The second-order valence-electron chi connectivity index (χ2n) is 7.65. The molecule has 0 aromatic heterocycles. The fourth-order valence-corrected chi connectivity index (χ4v) is 3.87. The highest BCUT2D eigenvalue weighted by atomic mass is 14.9. The lowest BCUT2D eigenvalue weighted by molar-refractivity contribution is 0.463. The molecule has 1 aromatic carbocycles. The minimum absolute atomic E-state index is 0.148. The van der Waals surface area contributed by atoms with Gasteiger partial charge in [-0.2, -0.15) is 0 Å². The van der Waals surface area contributed by atoms with E-state index in [1.54, 1.807) is 0 Å². The smallest absolute Gasteiger partial charge is 0.0605 e. The number of allylic oxidation sites excluding steroid dienone is 2. The molecule has 132 valence electrons. The van der Waals surface area contributed by atoms with E-state index in [2.05, 4.69) is 71.9 Å². The van der Waals surface area contributed by atoms with E-state index in [9.17, 15) is 0 Å². The maximum Gasteiger partial charge on any atom is 0.0605 e. The third-order valence-electron chi connectivity index (χ3n) is 5.47. The van der Waals surface area contributed by atoms with Crippen LogP contribution in [0.15, 0.2) is 35.9 Å². The molecule has 0 saturated carbocycles. The second kappa shape index (κ2) is 7.25. The van der Waals surface area contributed by atoms with Gasteiger partial charge in [0.2, 0.25) is 0 Å². The van der Waals surface area contributed by atoms with Crippen molar-refractivity contribution in [3.8, 4) is 0 Å². The normalized spacial score (nSPS) is 24.3. The van der Waals surface area contributed by atoms with Crippen molar-refractivity contribution in [1.29, 1.82) is 0 Å². The van der Waals surface area contributed by atoms with Crippen LogP contribution in [0.2, 0.25) is 0 Å². The molecule has 2 heteroatoms. The highest BCUT2D eigenvalue weighted by molar-refractivity contribution is 5.84. The van der Waals surface area contributed by atoms with Crippen molar-refractivity contribution < 1.29 is 0 Å². The average Bonchev–Trinajstić information content (AvgIpc) is 2.56. The van der Waals surface area contributed by atoms with Gasteiger partial charge in [-0.15, -0.1) is 0 Å². The van der Waals surface area contributed by atoms with Gasteiger partial charge in [0.1, 0.15) is 0 Å². The lowest BCUT2D eigenvalue weighted by Crippen LogP contribution is -2.56. The van der Waals surface area contributed by atoms with Crippen molar-refractivity contribution in [2.24, 2.45) is 17.4 Å².